The number of nitrogens with zero attached hydrogens (tertiary/aromatic N) is 1. The van der Waals surface area contributed by atoms with Gasteiger partial charge in [-0.15, -0.1) is 0 Å². The van der Waals surface area contributed by atoms with Crippen molar-refractivity contribution < 1.29 is 0 Å². The summed E-state index contributed by atoms with van der Waals surface area (Å²) < 4.78 is 0. The molecule has 16 heavy (non-hydrogen) atoms. The van der Waals surface area contributed by atoms with Gasteiger partial charge in [-0.3, -0.25) is 0 Å². The molecular weight excluding hydrogens is 252 g/mol. The van der Waals surface area contributed by atoms with Gasteiger partial charge in [-0.25, -0.2) is 0 Å². The van der Waals surface area contributed by atoms with Gasteiger partial charge < -0.3 is 0 Å². The Kier molecular flexibility index (Phi) is 8.80. The van der Waals surface area contributed by atoms with Crippen LogP contribution in [-0.2, 0) is 0 Å². The first kappa shape index (κ1) is 14.7. The van der Waals surface area contributed by atoms with Gasteiger partial charge in [-0.05, 0) is 0 Å². The summed E-state index contributed by atoms with van der Waals surface area (Å²) in [6, 6.07) is 0. The standard InChI is InChI=1S/C10H22N.C4H8.Ga/c1-4-7-10-11(8-5-2)9-6-3;1-3-4-2;/h1,4-10H2,2-3H3;1-4H2;. The Bertz CT molecular complexity index is 149. The number of hydrogen-bond donors (Lipinski definition) is 0. The van der Waals surface area contributed by atoms with E-state index in [4.69, 9.17) is 0 Å². The van der Waals surface area contributed by atoms with Crippen LogP contribution in [0, 0.1) is 0 Å². The first-order chi connectivity index (χ1) is 7.86. The molecule has 0 aromatic rings. The third kappa shape index (κ3) is 6.36. The molecular formula is C14H30GaN. The number of rotatable bonds is 9. The predicted octanol–water partition coefficient (Wildman–Crippen LogP) is 4.18. The van der Waals surface area contributed by atoms with Crippen LogP contribution in [-0.4, -0.2) is 40.8 Å². The predicted molar refractivity (Wildman–Crippen MR) is 75.7 cm³/mol. The molecule has 94 valence electrons. The van der Waals surface area contributed by atoms with Crippen molar-refractivity contribution in [3.63, 3.8) is 0 Å². The van der Waals surface area contributed by atoms with Gasteiger partial charge in [0.25, 0.3) is 0 Å². The Morgan fingerprint density at radius 2 is 1.50 bits per heavy atom. The Balaban J connectivity index is 1.98. The normalized spacial score (nSPS) is 16.3. The van der Waals surface area contributed by atoms with Gasteiger partial charge in [0.1, 0.15) is 0 Å². The summed E-state index contributed by atoms with van der Waals surface area (Å²) in [7, 11) is 0. The molecule has 1 saturated heterocycles. The average molecular weight is 282 g/mol. The second-order valence-corrected chi connectivity index (χ2v) is 12.8. The van der Waals surface area contributed by atoms with Crippen molar-refractivity contribution in [2.75, 3.05) is 19.6 Å². The van der Waals surface area contributed by atoms with Gasteiger partial charge in [-0.1, -0.05) is 0 Å². The minimum atomic E-state index is -0.644. The van der Waals surface area contributed by atoms with Crippen molar-refractivity contribution in [2.45, 2.75) is 67.3 Å². The van der Waals surface area contributed by atoms with E-state index in [2.05, 4.69) is 18.7 Å². The molecule has 0 amide bonds. The van der Waals surface area contributed by atoms with E-state index in [0.717, 1.165) is 0 Å². The summed E-state index contributed by atoms with van der Waals surface area (Å²) in [5, 5.41) is 0. The van der Waals surface area contributed by atoms with Crippen LogP contribution in [0.15, 0.2) is 0 Å². The summed E-state index contributed by atoms with van der Waals surface area (Å²) >= 11 is -0.644. The number of unbranched alkanes of at least 4 members (excludes halogenated alkanes) is 1. The van der Waals surface area contributed by atoms with Crippen molar-refractivity contribution in [1.29, 1.82) is 0 Å². The van der Waals surface area contributed by atoms with Crippen molar-refractivity contribution in [1.82, 2.24) is 4.90 Å². The topological polar surface area (TPSA) is 3.24 Å². The van der Waals surface area contributed by atoms with Gasteiger partial charge in [0.15, 0.2) is 0 Å². The van der Waals surface area contributed by atoms with Crippen LogP contribution in [0.2, 0.25) is 14.9 Å². The Morgan fingerprint density at radius 3 is 2.06 bits per heavy atom. The Morgan fingerprint density at radius 1 is 0.875 bits per heavy atom. The molecule has 0 spiro atoms. The molecule has 1 heterocycles. The van der Waals surface area contributed by atoms with Crippen molar-refractivity contribution in [2.24, 2.45) is 0 Å². The molecule has 1 aliphatic rings. The van der Waals surface area contributed by atoms with Crippen LogP contribution < -0.4 is 0 Å². The van der Waals surface area contributed by atoms with E-state index < -0.39 is 16.2 Å². The van der Waals surface area contributed by atoms with Crippen molar-refractivity contribution in [3.8, 4) is 0 Å². The second kappa shape index (κ2) is 9.61. The van der Waals surface area contributed by atoms with Crippen LogP contribution in [0.3, 0.4) is 0 Å². The summed E-state index contributed by atoms with van der Waals surface area (Å²) in [4.78, 5) is 7.78. The van der Waals surface area contributed by atoms with Gasteiger partial charge in [0.2, 0.25) is 0 Å². The molecule has 2 heteroatoms. The molecule has 0 atom stereocenters. The molecule has 0 aromatic carbocycles. The molecule has 0 aliphatic carbocycles. The van der Waals surface area contributed by atoms with Crippen LogP contribution in [0.25, 0.3) is 0 Å². The van der Waals surface area contributed by atoms with E-state index in [-0.39, 0.29) is 0 Å². The molecule has 0 bridgehead atoms. The summed E-state index contributed by atoms with van der Waals surface area (Å²) in [5.74, 6) is 0. The van der Waals surface area contributed by atoms with E-state index in [1.165, 1.54) is 38.9 Å². The maximum atomic E-state index is 2.67. The molecule has 0 radical (unpaired) electrons. The SMILES string of the molecule is CCCN(CCC)CCC[CH2][Ga]1[CH2]CC[CH2]1. The van der Waals surface area contributed by atoms with Crippen LogP contribution in [0.5, 0.6) is 0 Å². The second-order valence-electron chi connectivity index (χ2n) is 5.49. The van der Waals surface area contributed by atoms with Crippen molar-refractivity contribution in [3.05, 3.63) is 0 Å². The third-order valence-corrected chi connectivity index (χ3v) is 11.6. The molecule has 0 N–H and O–H groups in total. The fourth-order valence-electron chi connectivity index (χ4n) is 3.04. The molecule has 1 aliphatic heterocycles. The van der Waals surface area contributed by atoms with E-state index >= 15 is 0 Å². The van der Waals surface area contributed by atoms with Gasteiger partial charge >= 0.3 is 108 Å². The molecule has 0 aromatic heterocycles. The average Bonchev–Trinajstić information content (AvgIpc) is 2.78. The van der Waals surface area contributed by atoms with Crippen LogP contribution >= 0.6 is 0 Å². The quantitative estimate of drug-likeness (QED) is 0.453. The molecule has 1 nitrogen and oxygen atoms in total. The Labute approximate surface area is 108 Å². The molecule has 1 rings (SSSR count). The zero-order valence-electron chi connectivity index (χ0n) is 11.5. The monoisotopic (exact) mass is 281 g/mol. The van der Waals surface area contributed by atoms with Crippen LogP contribution in [0.4, 0.5) is 0 Å². The van der Waals surface area contributed by atoms with Gasteiger partial charge in [-0.2, -0.15) is 0 Å². The van der Waals surface area contributed by atoms with Crippen LogP contribution in [0.1, 0.15) is 52.4 Å². The molecule has 0 saturated carbocycles. The first-order valence-corrected chi connectivity index (χ1v) is 12.7. The van der Waals surface area contributed by atoms with E-state index in [9.17, 15) is 0 Å². The zero-order valence-corrected chi connectivity index (χ0v) is 13.9. The van der Waals surface area contributed by atoms with E-state index in [0.29, 0.717) is 0 Å². The fourth-order valence-corrected chi connectivity index (χ4v) is 10.3. The molecule has 0 unspecified atom stereocenters. The third-order valence-electron chi connectivity index (χ3n) is 3.89. The van der Waals surface area contributed by atoms with E-state index in [1.54, 1.807) is 34.2 Å². The zero-order chi connectivity index (χ0) is 11.6. The molecule has 1 fully saturated rings. The van der Waals surface area contributed by atoms with Crippen molar-refractivity contribution >= 4 is 16.2 Å². The summed E-state index contributed by atoms with van der Waals surface area (Å²) in [6.45, 7) is 8.61. The first-order valence-electron chi connectivity index (χ1n) is 7.59. The number of hydrogen-bond acceptors (Lipinski definition) is 1. The van der Waals surface area contributed by atoms with Gasteiger partial charge in [0, 0.05) is 0 Å². The van der Waals surface area contributed by atoms with E-state index in [1.807, 2.05) is 0 Å². The summed E-state index contributed by atoms with van der Waals surface area (Å²) in [5.41, 5.74) is 0. The fraction of sp³-hybridized carbons (Fsp3) is 1.00. The minimum absolute atomic E-state index is 0.644. The maximum absolute atomic E-state index is 2.67. The van der Waals surface area contributed by atoms with Gasteiger partial charge in [0.05, 0.1) is 0 Å². The Hall–Kier alpha value is 0.596. The summed E-state index contributed by atoms with van der Waals surface area (Å²) in [6.07, 6.45) is 8.84.